The highest BCUT2D eigenvalue weighted by Crippen LogP contribution is 2.24. The van der Waals surface area contributed by atoms with Crippen LogP contribution < -0.4 is 5.32 Å². The number of hydrogen-bond donors (Lipinski definition) is 1. The van der Waals surface area contributed by atoms with E-state index in [0.29, 0.717) is 28.8 Å². The number of anilines is 1. The number of allylic oxidation sites excluding steroid dienone is 1. The second-order valence-electron chi connectivity index (χ2n) is 5.85. The third kappa shape index (κ3) is 5.05. The quantitative estimate of drug-likeness (QED) is 0.260. The average Bonchev–Trinajstić information content (AvgIpc) is 3.10. The molecule has 3 rings (SSSR count). The van der Waals surface area contributed by atoms with Gasteiger partial charge in [-0.15, -0.1) is 16.8 Å². The third-order valence-electron chi connectivity index (χ3n) is 3.83. The molecule has 0 radical (unpaired) electrons. The maximum absolute atomic E-state index is 13.2. The second-order valence-corrected chi connectivity index (χ2v) is 6.80. The summed E-state index contributed by atoms with van der Waals surface area (Å²) < 4.78 is 14.9. The molecule has 0 unspecified atom stereocenters. The SMILES string of the molecule is C=CCn1c(SCC(=O)Nc2ccc([N+](=O)[O-])cc2)nnc1-c1ccc(F)cc1. The van der Waals surface area contributed by atoms with E-state index < -0.39 is 4.92 Å². The fraction of sp³-hybridized carbons (Fsp3) is 0.105. The van der Waals surface area contributed by atoms with E-state index in [0.717, 1.165) is 0 Å². The summed E-state index contributed by atoms with van der Waals surface area (Å²) in [5.41, 5.74) is 1.10. The Labute approximate surface area is 169 Å². The van der Waals surface area contributed by atoms with Crippen molar-refractivity contribution in [2.24, 2.45) is 0 Å². The zero-order valence-corrected chi connectivity index (χ0v) is 15.9. The van der Waals surface area contributed by atoms with Gasteiger partial charge in [0.1, 0.15) is 5.82 Å². The van der Waals surface area contributed by atoms with Crippen molar-refractivity contribution in [3.8, 4) is 11.4 Å². The summed E-state index contributed by atoms with van der Waals surface area (Å²) in [5, 5.41) is 22.1. The fourth-order valence-corrected chi connectivity index (χ4v) is 3.24. The van der Waals surface area contributed by atoms with E-state index >= 15 is 0 Å². The number of nitrogens with one attached hydrogen (secondary N) is 1. The van der Waals surface area contributed by atoms with E-state index in [1.807, 2.05) is 0 Å². The minimum Gasteiger partial charge on any atom is -0.325 e. The van der Waals surface area contributed by atoms with Crippen molar-refractivity contribution >= 4 is 29.0 Å². The van der Waals surface area contributed by atoms with Gasteiger partial charge in [0, 0.05) is 29.9 Å². The number of halogens is 1. The van der Waals surface area contributed by atoms with Crippen LogP contribution >= 0.6 is 11.8 Å². The van der Waals surface area contributed by atoms with Crippen LogP contribution in [0.1, 0.15) is 0 Å². The lowest BCUT2D eigenvalue weighted by molar-refractivity contribution is -0.384. The third-order valence-corrected chi connectivity index (χ3v) is 4.79. The molecule has 0 aliphatic rings. The molecule has 2 aromatic carbocycles. The minimum absolute atomic E-state index is 0.0526. The Bertz CT molecular complexity index is 1040. The van der Waals surface area contributed by atoms with Gasteiger partial charge >= 0.3 is 0 Å². The number of rotatable bonds is 8. The van der Waals surface area contributed by atoms with Gasteiger partial charge in [-0.25, -0.2) is 4.39 Å². The van der Waals surface area contributed by atoms with Gasteiger partial charge in [0.2, 0.25) is 5.91 Å². The van der Waals surface area contributed by atoms with Crippen molar-refractivity contribution < 1.29 is 14.1 Å². The first-order valence-electron chi connectivity index (χ1n) is 8.45. The van der Waals surface area contributed by atoms with Crippen molar-refractivity contribution in [1.82, 2.24) is 14.8 Å². The Kier molecular flexibility index (Phi) is 6.35. The number of nitro benzene ring substituents is 1. The number of aromatic nitrogens is 3. The number of hydrogen-bond acceptors (Lipinski definition) is 6. The maximum atomic E-state index is 13.2. The number of nitrogens with zero attached hydrogens (tertiary/aromatic N) is 4. The number of amides is 1. The van der Waals surface area contributed by atoms with E-state index in [1.54, 1.807) is 22.8 Å². The summed E-state index contributed by atoms with van der Waals surface area (Å²) in [6.07, 6.45) is 1.68. The molecule has 148 valence electrons. The first kappa shape index (κ1) is 20.2. The standard InChI is InChI=1S/C19H16FN5O3S/c1-2-11-24-18(13-3-5-14(20)6-4-13)22-23-19(24)29-12-17(26)21-15-7-9-16(10-8-15)25(27)28/h2-10H,1,11-12H2,(H,21,26). The summed E-state index contributed by atoms with van der Waals surface area (Å²) in [5.74, 6) is -0.0278. The van der Waals surface area contributed by atoms with Crippen molar-refractivity contribution in [3.63, 3.8) is 0 Å². The number of thioether (sulfide) groups is 1. The van der Waals surface area contributed by atoms with Gasteiger partial charge in [-0.05, 0) is 36.4 Å². The van der Waals surface area contributed by atoms with Crippen molar-refractivity contribution in [2.75, 3.05) is 11.1 Å². The second kappa shape index (κ2) is 9.11. The number of non-ortho nitro benzene ring substituents is 1. The number of carbonyl (C=O) groups is 1. The summed E-state index contributed by atoms with van der Waals surface area (Å²) in [4.78, 5) is 22.4. The van der Waals surface area contributed by atoms with Crippen LogP contribution in [-0.2, 0) is 11.3 Å². The Morgan fingerprint density at radius 3 is 2.52 bits per heavy atom. The molecule has 3 aromatic rings. The van der Waals surface area contributed by atoms with E-state index in [4.69, 9.17) is 0 Å². The van der Waals surface area contributed by atoms with Gasteiger partial charge in [0.05, 0.1) is 10.7 Å². The molecule has 1 heterocycles. The molecule has 0 saturated carbocycles. The Morgan fingerprint density at radius 1 is 1.21 bits per heavy atom. The zero-order valence-electron chi connectivity index (χ0n) is 15.1. The summed E-state index contributed by atoms with van der Waals surface area (Å²) in [6, 6.07) is 11.5. The smallest absolute Gasteiger partial charge is 0.269 e. The van der Waals surface area contributed by atoms with Crippen LogP contribution in [0.5, 0.6) is 0 Å². The molecule has 0 saturated heterocycles. The topological polar surface area (TPSA) is 103 Å². The molecule has 0 aliphatic heterocycles. The molecule has 0 fully saturated rings. The van der Waals surface area contributed by atoms with Gasteiger partial charge in [-0.3, -0.25) is 19.5 Å². The lowest BCUT2D eigenvalue weighted by atomic mass is 10.2. The van der Waals surface area contributed by atoms with Crippen LogP contribution in [0.15, 0.2) is 66.3 Å². The highest BCUT2D eigenvalue weighted by atomic mass is 32.2. The first-order chi connectivity index (χ1) is 14.0. The van der Waals surface area contributed by atoms with Gasteiger partial charge in [-0.2, -0.15) is 0 Å². The van der Waals surface area contributed by atoms with Crippen LogP contribution in [0.4, 0.5) is 15.8 Å². The molecular weight excluding hydrogens is 397 g/mol. The zero-order chi connectivity index (χ0) is 20.8. The Morgan fingerprint density at radius 2 is 1.90 bits per heavy atom. The van der Waals surface area contributed by atoms with E-state index in [2.05, 4.69) is 22.1 Å². The van der Waals surface area contributed by atoms with Crippen molar-refractivity contribution in [2.45, 2.75) is 11.7 Å². The Hall–Kier alpha value is -3.53. The van der Waals surface area contributed by atoms with Crippen LogP contribution in [0.3, 0.4) is 0 Å². The predicted molar refractivity (Wildman–Crippen MR) is 108 cm³/mol. The monoisotopic (exact) mass is 413 g/mol. The van der Waals surface area contributed by atoms with Crippen molar-refractivity contribution in [1.29, 1.82) is 0 Å². The Balaban J connectivity index is 1.68. The van der Waals surface area contributed by atoms with Gasteiger partial charge in [-0.1, -0.05) is 17.8 Å². The molecule has 8 nitrogen and oxygen atoms in total. The summed E-state index contributed by atoms with van der Waals surface area (Å²) in [7, 11) is 0. The summed E-state index contributed by atoms with van der Waals surface area (Å²) in [6.45, 7) is 4.15. The van der Waals surface area contributed by atoms with Crippen molar-refractivity contribution in [3.05, 3.63) is 77.1 Å². The van der Waals surface area contributed by atoms with Gasteiger partial charge < -0.3 is 5.32 Å². The molecule has 0 aliphatic carbocycles. The number of benzene rings is 2. The first-order valence-corrected chi connectivity index (χ1v) is 9.43. The van der Waals surface area contributed by atoms with Crippen LogP contribution in [0, 0.1) is 15.9 Å². The molecule has 1 amide bonds. The molecule has 1 N–H and O–H groups in total. The van der Waals surface area contributed by atoms with E-state index in [9.17, 15) is 19.3 Å². The highest BCUT2D eigenvalue weighted by Gasteiger charge is 2.15. The van der Waals surface area contributed by atoms with Gasteiger partial charge in [0.25, 0.3) is 5.69 Å². The molecule has 10 heteroatoms. The van der Waals surface area contributed by atoms with E-state index in [-0.39, 0.29) is 23.2 Å². The molecule has 1 aromatic heterocycles. The fourth-order valence-electron chi connectivity index (χ4n) is 2.50. The maximum Gasteiger partial charge on any atom is 0.269 e. The number of carbonyl (C=O) groups excluding carboxylic acids is 1. The molecular formula is C19H16FN5O3S. The number of nitro groups is 1. The lowest BCUT2D eigenvalue weighted by Crippen LogP contribution is -2.14. The normalized spacial score (nSPS) is 10.5. The minimum atomic E-state index is -0.507. The average molecular weight is 413 g/mol. The van der Waals surface area contributed by atoms with E-state index in [1.165, 1.54) is 48.2 Å². The summed E-state index contributed by atoms with van der Waals surface area (Å²) >= 11 is 1.19. The van der Waals surface area contributed by atoms with Crippen LogP contribution in [-0.4, -0.2) is 31.3 Å². The molecule has 0 bridgehead atoms. The van der Waals surface area contributed by atoms with Gasteiger partial charge in [0.15, 0.2) is 11.0 Å². The lowest BCUT2D eigenvalue weighted by Gasteiger charge is -2.08. The highest BCUT2D eigenvalue weighted by molar-refractivity contribution is 7.99. The van der Waals surface area contributed by atoms with Crippen LogP contribution in [0.25, 0.3) is 11.4 Å². The largest absolute Gasteiger partial charge is 0.325 e. The predicted octanol–water partition coefficient (Wildman–Crippen LogP) is 3.91. The van der Waals surface area contributed by atoms with Crippen LogP contribution in [0.2, 0.25) is 0 Å². The molecule has 0 atom stereocenters. The molecule has 29 heavy (non-hydrogen) atoms. The molecule has 0 spiro atoms.